The third-order valence-electron chi connectivity index (χ3n) is 6.13. The van der Waals surface area contributed by atoms with Gasteiger partial charge in [0.15, 0.2) is 0 Å². The van der Waals surface area contributed by atoms with Crippen molar-refractivity contribution in [3.8, 4) is 5.75 Å². The van der Waals surface area contributed by atoms with E-state index in [1.807, 2.05) is 42.5 Å². The lowest BCUT2D eigenvalue weighted by atomic mass is 9.71. The number of rotatable bonds is 5. The number of anilines is 1. The fraction of sp³-hybridized carbons (Fsp3) is 0.435. The highest BCUT2D eigenvalue weighted by Crippen LogP contribution is 2.45. The van der Waals surface area contributed by atoms with Crippen LogP contribution in [0, 0.1) is 11.3 Å². The number of carbonyl (C=O) groups excluding carboxylic acids is 1. The SMILES string of the molecule is COc1ccc(CN2C[C@H](C(=O)Nc3ccccc3)C3(CCOCC3)C2)cc1. The monoisotopic (exact) mass is 380 g/mol. The van der Waals surface area contributed by atoms with E-state index in [1.54, 1.807) is 7.11 Å². The van der Waals surface area contributed by atoms with Crippen molar-refractivity contribution in [1.82, 2.24) is 4.90 Å². The Balaban J connectivity index is 1.49. The van der Waals surface area contributed by atoms with Crippen LogP contribution >= 0.6 is 0 Å². The van der Waals surface area contributed by atoms with Gasteiger partial charge in [-0.2, -0.15) is 0 Å². The number of carbonyl (C=O) groups is 1. The summed E-state index contributed by atoms with van der Waals surface area (Å²) in [5, 5.41) is 3.13. The Morgan fingerprint density at radius 1 is 1.14 bits per heavy atom. The van der Waals surface area contributed by atoms with Gasteiger partial charge >= 0.3 is 0 Å². The lowest BCUT2D eigenvalue weighted by molar-refractivity contribution is -0.124. The van der Waals surface area contributed by atoms with Crippen molar-refractivity contribution in [3.63, 3.8) is 0 Å². The molecule has 2 heterocycles. The van der Waals surface area contributed by atoms with Crippen LogP contribution in [0.5, 0.6) is 5.75 Å². The molecule has 0 unspecified atom stereocenters. The summed E-state index contributed by atoms with van der Waals surface area (Å²) in [5.74, 6) is 0.978. The van der Waals surface area contributed by atoms with E-state index < -0.39 is 0 Å². The highest BCUT2D eigenvalue weighted by molar-refractivity contribution is 5.93. The van der Waals surface area contributed by atoms with Crippen LogP contribution in [0.3, 0.4) is 0 Å². The molecule has 2 fully saturated rings. The predicted octanol–water partition coefficient (Wildman–Crippen LogP) is 3.56. The van der Waals surface area contributed by atoms with Gasteiger partial charge in [-0.05, 0) is 42.7 Å². The van der Waals surface area contributed by atoms with Crippen LogP contribution in [0.4, 0.5) is 5.69 Å². The average molecular weight is 380 g/mol. The average Bonchev–Trinajstić information content (AvgIpc) is 3.07. The van der Waals surface area contributed by atoms with Gasteiger partial charge in [-0.15, -0.1) is 0 Å². The molecular formula is C23H28N2O3. The number of methoxy groups -OCH3 is 1. The summed E-state index contributed by atoms with van der Waals surface area (Å²) in [6.07, 6.45) is 1.89. The molecule has 2 saturated heterocycles. The van der Waals surface area contributed by atoms with E-state index in [0.717, 1.165) is 57.1 Å². The van der Waals surface area contributed by atoms with E-state index in [1.165, 1.54) is 5.56 Å². The van der Waals surface area contributed by atoms with Crippen LogP contribution in [0.25, 0.3) is 0 Å². The molecule has 148 valence electrons. The van der Waals surface area contributed by atoms with Gasteiger partial charge in [0.05, 0.1) is 13.0 Å². The minimum absolute atomic E-state index is 0.00356. The Morgan fingerprint density at radius 3 is 2.54 bits per heavy atom. The van der Waals surface area contributed by atoms with Crippen molar-refractivity contribution < 1.29 is 14.3 Å². The van der Waals surface area contributed by atoms with E-state index in [2.05, 4.69) is 22.3 Å². The first-order chi connectivity index (χ1) is 13.7. The normalized spacial score (nSPS) is 21.5. The standard InChI is InChI=1S/C23H28N2O3/c1-27-20-9-7-18(8-10-20)15-25-16-21(23(17-25)11-13-28-14-12-23)22(26)24-19-5-3-2-4-6-19/h2-10,21H,11-17H2,1H3,(H,24,26)/t21-/m1/s1. The van der Waals surface area contributed by atoms with Crippen molar-refractivity contribution in [3.05, 3.63) is 60.2 Å². The summed E-state index contributed by atoms with van der Waals surface area (Å²) in [7, 11) is 1.68. The molecule has 1 N–H and O–H groups in total. The zero-order chi connectivity index (χ0) is 19.4. The van der Waals surface area contributed by atoms with Gasteiger partial charge in [-0.1, -0.05) is 30.3 Å². The van der Waals surface area contributed by atoms with Crippen LogP contribution in [-0.2, 0) is 16.1 Å². The number of benzene rings is 2. The number of likely N-dealkylation sites (tertiary alicyclic amines) is 1. The highest BCUT2D eigenvalue weighted by atomic mass is 16.5. The van der Waals surface area contributed by atoms with Gasteiger partial charge in [0, 0.05) is 44.0 Å². The Hall–Kier alpha value is -2.37. The molecule has 0 bridgehead atoms. The molecule has 0 aliphatic carbocycles. The molecular weight excluding hydrogens is 352 g/mol. The Kier molecular flexibility index (Phi) is 5.64. The van der Waals surface area contributed by atoms with Gasteiger partial charge in [-0.3, -0.25) is 9.69 Å². The number of hydrogen-bond donors (Lipinski definition) is 1. The molecule has 5 heteroatoms. The molecule has 2 aliphatic heterocycles. The molecule has 1 atom stereocenters. The molecule has 2 aromatic carbocycles. The molecule has 0 radical (unpaired) electrons. The summed E-state index contributed by atoms with van der Waals surface area (Å²) in [6.45, 7) is 4.05. The third kappa shape index (κ3) is 4.05. The van der Waals surface area contributed by atoms with Crippen LogP contribution < -0.4 is 10.1 Å². The van der Waals surface area contributed by atoms with Crippen molar-refractivity contribution in [1.29, 1.82) is 0 Å². The number of para-hydroxylation sites is 1. The quantitative estimate of drug-likeness (QED) is 0.862. The van der Waals surface area contributed by atoms with Crippen LogP contribution in [0.1, 0.15) is 18.4 Å². The molecule has 28 heavy (non-hydrogen) atoms. The summed E-state index contributed by atoms with van der Waals surface area (Å²) in [4.78, 5) is 15.6. The molecule has 2 aromatic rings. The maximum atomic E-state index is 13.2. The first kappa shape index (κ1) is 19.0. The van der Waals surface area contributed by atoms with Crippen molar-refractivity contribution in [2.45, 2.75) is 19.4 Å². The lowest BCUT2D eigenvalue weighted by Gasteiger charge is -2.37. The van der Waals surface area contributed by atoms with Gasteiger partial charge in [-0.25, -0.2) is 0 Å². The summed E-state index contributed by atoms with van der Waals surface area (Å²) in [5.41, 5.74) is 2.11. The fourth-order valence-corrected chi connectivity index (χ4v) is 4.58. The number of amides is 1. The van der Waals surface area contributed by atoms with E-state index in [0.29, 0.717) is 0 Å². The van der Waals surface area contributed by atoms with E-state index in [4.69, 9.17) is 9.47 Å². The molecule has 4 rings (SSSR count). The number of nitrogens with one attached hydrogen (secondary N) is 1. The molecule has 1 amide bonds. The van der Waals surface area contributed by atoms with Gasteiger partial charge in [0.2, 0.25) is 5.91 Å². The van der Waals surface area contributed by atoms with Gasteiger partial charge in [0.1, 0.15) is 5.75 Å². The van der Waals surface area contributed by atoms with Crippen molar-refractivity contribution in [2.24, 2.45) is 11.3 Å². The second-order valence-electron chi connectivity index (χ2n) is 7.90. The first-order valence-electron chi connectivity index (χ1n) is 9.97. The lowest BCUT2D eigenvalue weighted by Crippen LogP contribution is -2.42. The van der Waals surface area contributed by atoms with E-state index in [-0.39, 0.29) is 17.2 Å². The molecule has 5 nitrogen and oxygen atoms in total. The zero-order valence-electron chi connectivity index (χ0n) is 16.4. The smallest absolute Gasteiger partial charge is 0.229 e. The van der Waals surface area contributed by atoms with E-state index in [9.17, 15) is 4.79 Å². The fourth-order valence-electron chi connectivity index (χ4n) is 4.58. The van der Waals surface area contributed by atoms with Gasteiger partial charge in [0.25, 0.3) is 0 Å². The third-order valence-corrected chi connectivity index (χ3v) is 6.13. The summed E-state index contributed by atoms with van der Waals surface area (Å²) in [6, 6.07) is 17.9. The molecule has 0 aromatic heterocycles. The number of ether oxygens (including phenoxy) is 2. The van der Waals surface area contributed by atoms with Crippen LogP contribution in [0.15, 0.2) is 54.6 Å². The Labute approximate surface area is 166 Å². The maximum absolute atomic E-state index is 13.2. The largest absolute Gasteiger partial charge is 0.497 e. The Morgan fingerprint density at radius 2 is 1.86 bits per heavy atom. The minimum Gasteiger partial charge on any atom is -0.497 e. The minimum atomic E-state index is -0.0187. The summed E-state index contributed by atoms with van der Waals surface area (Å²) < 4.78 is 10.9. The predicted molar refractivity (Wildman–Crippen MR) is 109 cm³/mol. The van der Waals surface area contributed by atoms with Crippen molar-refractivity contribution in [2.75, 3.05) is 38.7 Å². The van der Waals surface area contributed by atoms with Crippen LogP contribution in [0.2, 0.25) is 0 Å². The maximum Gasteiger partial charge on any atom is 0.229 e. The van der Waals surface area contributed by atoms with E-state index >= 15 is 0 Å². The molecule has 2 aliphatic rings. The second kappa shape index (κ2) is 8.33. The number of hydrogen-bond acceptors (Lipinski definition) is 4. The van der Waals surface area contributed by atoms with Crippen molar-refractivity contribution >= 4 is 11.6 Å². The summed E-state index contributed by atoms with van der Waals surface area (Å²) >= 11 is 0. The number of nitrogens with zero attached hydrogens (tertiary/aromatic N) is 1. The molecule has 1 spiro atoms. The zero-order valence-corrected chi connectivity index (χ0v) is 16.4. The highest BCUT2D eigenvalue weighted by Gasteiger charge is 2.50. The van der Waals surface area contributed by atoms with Gasteiger partial charge < -0.3 is 14.8 Å². The Bertz CT molecular complexity index is 785. The topological polar surface area (TPSA) is 50.8 Å². The molecule has 0 saturated carbocycles. The van der Waals surface area contributed by atoms with Crippen LogP contribution in [-0.4, -0.2) is 44.2 Å². The first-order valence-corrected chi connectivity index (χ1v) is 9.97. The second-order valence-corrected chi connectivity index (χ2v) is 7.90.